The quantitative estimate of drug-likeness (QED) is 0.365. The van der Waals surface area contributed by atoms with Crippen molar-refractivity contribution in [1.82, 2.24) is 5.32 Å². The summed E-state index contributed by atoms with van der Waals surface area (Å²) in [5.41, 5.74) is 4.43. The van der Waals surface area contributed by atoms with Crippen LogP contribution in [0.15, 0.2) is 11.9 Å². The second kappa shape index (κ2) is 4.49. The lowest BCUT2D eigenvalue weighted by molar-refractivity contribution is -0.150. The van der Waals surface area contributed by atoms with Crippen molar-refractivity contribution in [3.05, 3.63) is 11.9 Å². The number of nitrogens with one attached hydrogen (secondary N) is 1. The van der Waals surface area contributed by atoms with E-state index in [1.54, 1.807) is 20.8 Å². The van der Waals surface area contributed by atoms with Crippen LogP contribution < -0.4 is 11.1 Å². The first-order valence-electron chi connectivity index (χ1n) is 3.76. The van der Waals surface area contributed by atoms with Crippen LogP contribution in [0.25, 0.3) is 0 Å². The van der Waals surface area contributed by atoms with Gasteiger partial charge < -0.3 is 15.8 Å². The molecule has 0 fully saturated rings. The Labute approximate surface area is 76.9 Å². The van der Waals surface area contributed by atoms with E-state index in [0.29, 0.717) is 6.41 Å². The molecule has 0 saturated heterocycles. The molecule has 3 N–H and O–H groups in total. The molecule has 0 saturated carbocycles. The Balaban J connectivity index is 4.32. The molecule has 0 aliphatic heterocycles. The Hall–Kier alpha value is -1.52. The zero-order valence-electron chi connectivity index (χ0n) is 7.96. The van der Waals surface area contributed by atoms with E-state index < -0.39 is 11.6 Å². The van der Waals surface area contributed by atoms with Gasteiger partial charge in [0.2, 0.25) is 6.41 Å². The number of hydrogen-bond donors (Lipinski definition) is 2. The molecule has 0 radical (unpaired) electrons. The van der Waals surface area contributed by atoms with E-state index in [0.717, 1.165) is 6.20 Å². The van der Waals surface area contributed by atoms with Crippen molar-refractivity contribution in [2.24, 2.45) is 5.73 Å². The molecule has 0 aromatic carbocycles. The summed E-state index contributed by atoms with van der Waals surface area (Å²) >= 11 is 0. The van der Waals surface area contributed by atoms with Gasteiger partial charge >= 0.3 is 5.97 Å². The lowest BCUT2D eigenvalue weighted by Crippen LogP contribution is -2.30. The molecular weight excluding hydrogens is 172 g/mol. The SMILES string of the molecule is CC(C)(C)OC(=O)/C(=C\N)NC=O. The normalized spacial score (nSPS) is 12.1. The summed E-state index contributed by atoms with van der Waals surface area (Å²) < 4.78 is 4.93. The maximum atomic E-state index is 11.2. The molecule has 0 heterocycles. The van der Waals surface area contributed by atoms with Gasteiger partial charge in [-0.1, -0.05) is 0 Å². The fourth-order valence-electron chi connectivity index (χ4n) is 0.572. The van der Waals surface area contributed by atoms with Crippen molar-refractivity contribution in [1.29, 1.82) is 0 Å². The van der Waals surface area contributed by atoms with Gasteiger partial charge in [-0.15, -0.1) is 0 Å². The summed E-state index contributed by atoms with van der Waals surface area (Å²) in [6, 6.07) is 0. The Kier molecular flexibility index (Phi) is 3.97. The third-order valence-electron chi connectivity index (χ3n) is 1.000. The smallest absolute Gasteiger partial charge is 0.356 e. The van der Waals surface area contributed by atoms with Crippen LogP contribution in [0.3, 0.4) is 0 Å². The van der Waals surface area contributed by atoms with Crippen molar-refractivity contribution in [2.75, 3.05) is 0 Å². The topological polar surface area (TPSA) is 81.4 Å². The van der Waals surface area contributed by atoms with Gasteiger partial charge in [0.05, 0.1) is 0 Å². The Bertz CT molecular complexity index is 228. The molecular formula is C8H14N2O3. The van der Waals surface area contributed by atoms with Gasteiger partial charge in [-0.3, -0.25) is 4.79 Å². The maximum Gasteiger partial charge on any atom is 0.356 e. The summed E-state index contributed by atoms with van der Waals surface area (Å²) in [5, 5.41) is 2.14. The summed E-state index contributed by atoms with van der Waals surface area (Å²) in [6.45, 7) is 5.17. The summed E-state index contributed by atoms with van der Waals surface area (Å²) in [6.07, 6.45) is 1.35. The maximum absolute atomic E-state index is 11.2. The minimum atomic E-state index is -0.651. The van der Waals surface area contributed by atoms with Crippen LogP contribution in [-0.2, 0) is 14.3 Å². The van der Waals surface area contributed by atoms with Crippen molar-refractivity contribution in [3.8, 4) is 0 Å². The zero-order valence-corrected chi connectivity index (χ0v) is 7.96. The standard InChI is InChI=1S/C8H14N2O3/c1-8(2,3)13-7(12)6(4-9)10-5-11/h4-5H,9H2,1-3H3,(H,10,11)/b6-4+. The first-order chi connectivity index (χ1) is 5.90. The first-order valence-corrected chi connectivity index (χ1v) is 3.76. The lowest BCUT2D eigenvalue weighted by atomic mass is 10.2. The Morgan fingerprint density at radius 1 is 1.46 bits per heavy atom. The highest BCUT2D eigenvalue weighted by Gasteiger charge is 2.19. The first kappa shape index (κ1) is 11.5. The number of esters is 1. The van der Waals surface area contributed by atoms with Crippen LogP contribution in [0.4, 0.5) is 0 Å². The van der Waals surface area contributed by atoms with Gasteiger partial charge in [0.15, 0.2) is 0 Å². The molecule has 0 aliphatic carbocycles. The lowest BCUT2D eigenvalue weighted by Gasteiger charge is -2.19. The highest BCUT2D eigenvalue weighted by molar-refractivity contribution is 5.90. The predicted octanol–water partition coefficient (Wildman–Crippen LogP) is -0.126. The summed E-state index contributed by atoms with van der Waals surface area (Å²) in [5.74, 6) is -0.651. The van der Waals surface area contributed by atoms with Crippen LogP contribution in [0, 0.1) is 0 Å². The second-order valence-electron chi connectivity index (χ2n) is 3.34. The monoisotopic (exact) mass is 186 g/mol. The largest absolute Gasteiger partial charge is 0.455 e. The van der Waals surface area contributed by atoms with E-state index in [9.17, 15) is 9.59 Å². The van der Waals surface area contributed by atoms with Gasteiger partial charge in [-0.05, 0) is 20.8 Å². The number of rotatable bonds is 3. The average molecular weight is 186 g/mol. The van der Waals surface area contributed by atoms with E-state index >= 15 is 0 Å². The molecule has 5 nitrogen and oxygen atoms in total. The molecule has 0 bridgehead atoms. The second-order valence-corrected chi connectivity index (χ2v) is 3.34. The molecule has 0 atom stereocenters. The number of hydrogen-bond acceptors (Lipinski definition) is 4. The van der Waals surface area contributed by atoms with Gasteiger partial charge in [0.25, 0.3) is 0 Å². The van der Waals surface area contributed by atoms with Crippen LogP contribution >= 0.6 is 0 Å². The molecule has 0 aromatic rings. The minimum Gasteiger partial charge on any atom is -0.455 e. The number of amides is 1. The van der Waals surface area contributed by atoms with Crippen LogP contribution in [-0.4, -0.2) is 18.0 Å². The highest BCUT2D eigenvalue weighted by atomic mass is 16.6. The van der Waals surface area contributed by atoms with E-state index in [1.165, 1.54) is 0 Å². The molecule has 0 unspecified atom stereocenters. The van der Waals surface area contributed by atoms with Crippen LogP contribution in [0.1, 0.15) is 20.8 Å². The van der Waals surface area contributed by atoms with E-state index in [-0.39, 0.29) is 5.70 Å². The fourth-order valence-corrected chi connectivity index (χ4v) is 0.572. The summed E-state index contributed by atoms with van der Waals surface area (Å²) in [7, 11) is 0. The molecule has 0 aromatic heterocycles. The van der Waals surface area contributed by atoms with Crippen LogP contribution in [0.5, 0.6) is 0 Å². The van der Waals surface area contributed by atoms with Crippen molar-refractivity contribution in [3.63, 3.8) is 0 Å². The van der Waals surface area contributed by atoms with Gasteiger partial charge in [0, 0.05) is 6.20 Å². The third-order valence-corrected chi connectivity index (χ3v) is 1.000. The van der Waals surface area contributed by atoms with Crippen molar-refractivity contribution >= 4 is 12.4 Å². The molecule has 1 amide bonds. The predicted molar refractivity (Wildman–Crippen MR) is 47.3 cm³/mol. The van der Waals surface area contributed by atoms with Gasteiger partial charge in [-0.25, -0.2) is 4.79 Å². The van der Waals surface area contributed by atoms with E-state index in [4.69, 9.17) is 10.5 Å². The van der Waals surface area contributed by atoms with Crippen LogP contribution in [0.2, 0.25) is 0 Å². The zero-order chi connectivity index (χ0) is 10.5. The number of carbonyl (C=O) groups is 2. The molecule has 5 heteroatoms. The Morgan fingerprint density at radius 3 is 2.31 bits per heavy atom. The average Bonchev–Trinajstić information content (AvgIpc) is 1.96. The van der Waals surface area contributed by atoms with E-state index in [1.807, 2.05) is 0 Å². The third kappa shape index (κ3) is 4.84. The molecule has 0 aliphatic rings. The Morgan fingerprint density at radius 2 is 2.00 bits per heavy atom. The number of nitrogens with two attached hydrogens (primary N) is 1. The molecule has 0 rings (SSSR count). The minimum absolute atomic E-state index is 0.0649. The summed E-state index contributed by atoms with van der Waals surface area (Å²) in [4.78, 5) is 21.2. The van der Waals surface area contributed by atoms with Gasteiger partial charge in [0.1, 0.15) is 11.3 Å². The molecule has 74 valence electrons. The van der Waals surface area contributed by atoms with E-state index in [2.05, 4.69) is 5.32 Å². The highest BCUT2D eigenvalue weighted by Crippen LogP contribution is 2.08. The number of carbonyl (C=O) groups excluding carboxylic acids is 2. The van der Waals surface area contributed by atoms with Gasteiger partial charge in [-0.2, -0.15) is 0 Å². The molecule has 0 spiro atoms. The fraction of sp³-hybridized carbons (Fsp3) is 0.500. The van der Waals surface area contributed by atoms with Crippen molar-refractivity contribution < 1.29 is 14.3 Å². The van der Waals surface area contributed by atoms with Crippen molar-refractivity contribution in [2.45, 2.75) is 26.4 Å². The molecule has 13 heavy (non-hydrogen) atoms. The number of ether oxygens (including phenoxy) is 1.